The summed E-state index contributed by atoms with van der Waals surface area (Å²) in [5.41, 5.74) is 5.23. The third kappa shape index (κ3) is 5.00. The average Bonchev–Trinajstić information content (AvgIpc) is 2.66. The second kappa shape index (κ2) is 6.16. The van der Waals surface area contributed by atoms with E-state index in [1.54, 1.807) is 32.9 Å². The number of hydrogen-bond acceptors (Lipinski definition) is 5. The molecule has 5 nitrogen and oxygen atoms in total. The Labute approximate surface area is 116 Å². The van der Waals surface area contributed by atoms with Gasteiger partial charge in [0.2, 0.25) is 0 Å². The van der Waals surface area contributed by atoms with Gasteiger partial charge in [-0.15, -0.1) is 11.3 Å². The van der Waals surface area contributed by atoms with E-state index in [4.69, 9.17) is 15.6 Å². The summed E-state index contributed by atoms with van der Waals surface area (Å²) < 4.78 is 5.32. The van der Waals surface area contributed by atoms with Crippen molar-refractivity contribution in [2.75, 3.05) is 0 Å². The van der Waals surface area contributed by atoms with Crippen molar-refractivity contribution in [2.24, 2.45) is 5.73 Å². The molecule has 0 aliphatic carbocycles. The van der Waals surface area contributed by atoms with E-state index in [0.717, 1.165) is 4.88 Å². The topological polar surface area (TPSA) is 89.6 Å². The van der Waals surface area contributed by atoms with Gasteiger partial charge in [0.25, 0.3) is 0 Å². The lowest BCUT2D eigenvalue weighted by atomic mass is 9.95. The maximum absolute atomic E-state index is 12.2. The number of esters is 1. The van der Waals surface area contributed by atoms with Crippen molar-refractivity contribution < 1.29 is 19.4 Å². The molecule has 0 radical (unpaired) electrons. The molecule has 0 fully saturated rings. The minimum atomic E-state index is -1.03. The summed E-state index contributed by atoms with van der Waals surface area (Å²) in [4.78, 5) is 23.7. The van der Waals surface area contributed by atoms with Crippen molar-refractivity contribution in [3.8, 4) is 0 Å². The Morgan fingerprint density at radius 1 is 1.47 bits per heavy atom. The van der Waals surface area contributed by atoms with Crippen LogP contribution in [0.5, 0.6) is 0 Å². The van der Waals surface area contributed by atoms with E-state index in [-0.39, 0.29) is 6.42 Å². The summed E-state index contributed by atoms with van der Waals surface area (Å²) in [5, 5.41) is 10.6. The summed E-state index contributed by atoms with van der Waals surface area (Å²) >= 11 is 1.37. The van der Waals surface area contributed by atoms with E-state index >= 15 is 0 Å². The predicted octanol–water partition coefficient (Wildman–Crippen LogP) is 1.98. The van der Waals surface area contributed by atoms with E-state index in [9.17, 15) is 9.59 Å². The van der Waals surface area contributed by atoms with Crippen molar-refractivity contribution in [3.63, 3.8) is 0 Å². The zero-order valence-electron chi connectivity index (χ0n) is 11.3. The highest BCUT2D eigenvalue weighted by molar-refractivity contribution is 7.10. The maximum atomic E-state index is 12.2. The van der Waals surface area contributed by atoms with Gasteiger partial charge in [-0.3, -0.25) is 9.59 Å². The monoisotopic (exact) mass is 285 g/mol. The molecule has 1 rings (SSSR count). The van der Waals surface area contributed by atoms with Crippen molar-refractivity contribution in [3.05, 3.63) is 22.4 Å². The van der Waals surface area contributed by atoms with E-state index in [2.05, 4.69) is 0 Å². The Bertz CT molecular complexity index is 436. The lowest BCUT2D eigenvalue weighted by Crippen LogP contribution is -2.38. The molecule has 19 heavy (non-hydrogen) atoms. The van der Waals surface area contributed by atoms with Gasteiger partial charge in [-0.05, 0) is 32.2 Å². The molecule has 6 heteroatoms. The first kappa shape index (κ1) is 15.7. The van der Waals surface area contributed by atoms with Gasteiger partial charge in [-0.1, -0.05) is 6.07 Å². The van der Waals surface area contributed by atoms with Gasteiger partial charge in [0, 0.05) is 10.9 Å². The molecule has 106 valence electrons. The fraction of sp³-hybridized carbons (Fsp3) is 0.538. The zero-order chi connectivity index (χ0) is 14.6. The third-order valence-electron chi connectivity index (χ3n) is 2.35. The minimum Gasteiger partial charge on any atom is -0.481 e. The van der Waals surface area contributed by atoms with Gasteiger partial charge >= 0.3 is 11.9 Å². The molecule has 1 heterocycles. The number of ether oxygens (including phenoxy) is 1. The highest BCUT2D eigenvalue weighted by Gasteiger charge is 2.33. The van der Waals surface area contributed by atoms with Crippen LogP contribution in [0.2, 0.25) is 0 Å². The second-order valence-electron chi connectivity index (χ2n) is 5.29. The quantitative estimate of drug-likeness (QED) is 0.807. The number of nitrogens with two attached hydrogens (primary N) is 1. The van der Waals surface area contributed by atoms with Crippen LogP contribution in [0.1, 0.15) is 38.0 Å². The molecule has 2 atom stereocenters. The van der Waals surface area contributed by atoms with Crippen LogP contribution >= 0.6 is 11.3 Å². The standard InChI is InChI=1S/C13H19NO4S/c1-13(2,3)18-12(17)11(8(14)7-10(15)16)9-5-4-6-19-9/h4-6,8,11H,7,14H2,1-3H3,(H,15,16)/t8-,11-/m0/s1. The molecule has 0 unspecified atom stereocenters. The normalized spacial score (nSPS) is 14.7. The van der Waals surface area contributed by atoms with Crippen LogP contribution in [-0.2, 0) is 14.3 Å². The lowest BCUT2D eigenvalue weighted by Gasteiger charge is -2.26. The number of carbonyl (C=O) groups excluding carboxylic acids is 1. The Kier molecular flexibility index (Phi) is 5.08. The number of carbonyl (C=O) groups is 2. The van der Waals surface area contributed by atoms with E-state index in [1.807, 2.05) is 5.38 Å². The largest absolute Gasteiger partial charge is 0.481 e. The molecule has 3 N–H and O–H groups in total. The van der Waals surface area contributed by atoms with E-state index in [1.165, 1.54) is 11.3 Å². The fourth-order valence-electron chi connectivity index (χ4n) is 1.65. The van der Waals surface area contributed by atoms with Gasteiger partial charge in [0.05, 0.1) is 6.42 Å². The van der Waals surface area contributed by atoms with Crippen LogP contribution in [0.4, 0.5) is 0 Å². The third-order valence-corrected chi connectivity index (χ3v) is 3.30. The summed E-state index contributed by atoms with van der Waals surface area (Å²) in [7, 11) is 0. The number of carboxylic acids is 1. The summed E-state index contributed by atoms with van der Waals surface area (Å²) in [6.07, 6.45) is -0.276. The molecule has 0 bridgehead atoms. The van der Waals surface area contributed by atoms with Crippen molar-refractivity contribution in [1.82, 2.24) is 0 Å². The van der Waals surface area contributed by atoms with Crippen LogP contribution in [0, 0.1) is 0 Å². The summed E-state index contributed by atoms with van der Waals surface area (Å²) in [6.45, 7) is 5.29. The first-order valence-electron chi connectivity index (χ1n) is 5.94. The minimum absolute atomic E-state index is 0.276. The SMILES string of the molecule is CC(C)(C)OC(=O)[C@H](c1cccs1)[C@@H](N)CC(=O)O. The highest BCUT2D eigenvalue weighted by Crippen LogP contribution is 2.28. The Balaban J connectivity index is 2.93. The van der Waals surface area contributed by atoms with Crippen molar-refractivity contribution in [1.29, 1.82) is 0 Å². The summed E-state index contributed by atoms with van der Waals surface area (Å²) in [6, 6.07) is 2.76. The van der Waals surface area contributed by atoms with Crippen molar-refractivity contribution in [2.45, 2.75) is 44.8 Å². The molecule has 0 aliphatic heterocycles. The maximum Gasteiger partial charge on any atom is 0.316 e. The Hall–Kier alpha value is -1.40. The zero-order valence-corrected chi connectivity index (χ0v) is 12.1. The number of carboxylic acid groups (broad SMARTS) is 1. The number of rotatable bonds is 5. The molecule has 1 aromatic heterocycles. The average molecular weight is 285 g/mol. The number of hydrogen-bond donors (Lipinski definition) is 2. The van der Waals surface area contributed by atoms with Crippen LogP contribution in [0.25, 0.3) is 0 Å². The summed E-state index contributed by atoms with van der Waals surface area (Å²) in [5.74, 6) is -2.25. The van der Waals surface area contributed by atoms with Gasteiger partial charge in [0.15, 0.2) is 0 Å². The smallest absolute Gasteiger partial charge is 0.316 e. The number of aliphatic carboxylic acids is 1. The lowest BCUT2D eigenvalue weighted by molar-refractivity contribution is -0.157. The first-order valence-corrected chi connectivity index (χ1v) is 6.82. The second-order valence-corrected chi connectivity index (χ2v) is 6.27. The highest BCUT2D eigenvalue weighted by atomic mass is 32.1. The van der Waals surface area contributed by atoms with Crippen LogP contribution in [-0.4, -0.2) is 28.7 Å². The van der Waals surface area contributed by atoms with Crippen LogP contribution in [0.3, 0.4) is 0 Å². The van der Waals surface area contributed by atoms with Gasteiger partial charge in [0.1, 0.15) is 11.5 Å². The molecule has 0 spiro atoms. The van der Waals surface area contributed by atoms with Crippen LogP contribution < -0.4 is 5.73 Å². The Morgan fingerprint density at radius 2 is 2.11 bits per heavy atom. The van der Waals surface area contributed by atoms with Gasteiger partial charge in [-0.25, -0.2) is 0 Å². The molecule has 1 aromatic rings. The molecule has 0 aliphatic rings. The molecular weight excluding hydrogens is 266 g/mol. The Morgan fingerprint density at radius 3 is 2.53 bits per heavy atom. The van der Waals surface area contributed by atoms with Gasteiger partial charge < -0.3 is 15.6 Å². The first-order chi connectivity index (χ1) is 8.70. The van der Waals surface area contributed by atoms with E-state index < -0.39 is 29.5 Å². The molecule has 0 amide bonds. The van der Waals surface area contributed by atoms with Gasteiger partial charge in [-0.2, -0.15) is 0 Å². The van der Waals surface area contributed by atoms with Crippen molar-refractivity contribution >= 4 is 23.3 Å². The van der Waals surface area contributed by atoms with Crippen LogP contribution in [0.15, 0.2) is 17.5 Å². The molecule has 0 saturated carbocycles. The molecule has 0 saturated heterocycles. The molecular formula is C13H19NO4S. The number of thiophene rings is 1. The fourth-order valence-corrected chi connectivity index (χ4v) is 2.54. The predicted molar refractivity (Wildman–Crippen MR) is 73.1 cm³/mol. The molecule has 0 aromatic carbocycles. The van der Waals surface area contributed by atoms with E-state index in [0.29, 0.717) is 0 Å².